The first-order valence-electron chi connectivity index (χ1n) is 8.16. The molecule has 2 saturated carbocycles. The van der Waals surface area contributed by atoms with Crippen LogP contribution in [0.2, 0.25) is 0 Å². The number of nitrogen functional groups attached to an aromatic ring is 2. The van der Waals surface area contributed by atoms with E-state index >= 15 is 0 Å². The van der Waals surface area contributed by atoms with E-state index in [1.54, 1.807) is 0 Å². The van der Waals surface area contributed by atoms with E-state index < -0.39 is 0 Å². The standard InChI is InChI=1S/C15H24N6OS/c1-7(11-6-9-3-4-10(11)5-9)18-12(22)8(2)23-15-20-13(16)19-14(17)21-15/h7-11H,3-6H2,1-2H3,(H,18,22)(H4,16,17,19,20,21)/t7-,8-,9-,10-,11+/m0/s1. The first-order chi connectivity index (χ1) is 10.9. The van der Waals surface area contributed by atoms with E-state index in [0.29, 0.717) is 11.1 Å². The summed E-state index contributed by atoms with van der Waals surface area (Å²) in [6.07, 6.45) is 5.30. The number of aromatic nitrogens is 3. The van der Waals surface area contributed by atoms with Crippen molar-refractivity contribution in [3.05, 3.63) is 0 Å². The molecule has 0 radical (unpaired) electrons. The molecule has 8 heteroatoms. The van der Waals surface area contributed by atoms with Gasteiger partial charge in [-0.1, -0.05) is 18.2 Å². The smallest absolute Gasteiger partial charge is 0.233 e. The summed E-state index contributed by atoms with van der Waals surface area (Å²) in [5, 5.41) is 3.23. The molecule has 23 heavy (non-hydrogen) atoms. The third-order valence-corrected chi connectivity index (χ3v) is 6.07. The van der Waals surface area contributed by atoms with Gasteiger partial charge >= 0.3 is 0 Å². The molecule has 5 atom stereocenters. The van der Waals surface area contributed by atoms with Gasteiger partial charge in [-0.25, -0.2) is 0 Å². The monoisotopic (exact) mass is 336 g/mol. The molecule has 1 amide bonds. The Kier molecular flexibility index (Phi) is 4.61. The summed E-state index contributed by atoms with van der Waals surface area (Å²) in [5.41, 5.74) is 11.1. The fourth-order valence-corrected chi connectivity index (χ4v) is 4.79. The minimum Gasteiger partial charge on any atom is -0.368 e. The van der Waals surface area contributed by atoms with Crippen molar-refractivity contribution in [1.29, 1.82) is 0 Å². The van der Waals surface area contributed by atoms with Crippen molar-refractivity contribution >= 4 is 29.6 Å². The third kappa shape index (κ3) is 3.68. The minimum atomic E-state index is -0.308. The van der Waals surface area contributed by atoms with Crippen molar-refractivity contribution in [2.75, 3.05) is 11.5 Å². The summed E-state index contributed by atoms with van der Waals surface area (Å²) in [6.45, 7) is 3.96. The number of fused-ring (bicyclic) bond motifs is 2. The number of thioether (sulfide) groups is 1. The molecule has 3 rings (SSSR count). The molecule has 0 aromatic carbocycles. The van der Waals surface area contributed by atoms with Crippen molar-refractivity contribution in [2.45, 2.75) is 56.0 Å². The Hall–Kier alpha value is -1.57. The number of nitrogens with two attached hydrogens (primary N) is 2. The third-order valence-electron chi connectivity index (χ3n) is 5.11. The highest BCUT2D eigenvalue weighted by atomic mass is 32.2. The number of anilines is 2. The molecule has 2 aliphatic rings. The Balaban J connectivity index is 1.55. The Bertz CT molecular complexity index is 577. The molecule has 2 aliphatic carbocycles. The van der Waals surface area contributed by atoms with Gasteiger partial charge in [-0.2, -0.15) is 15.0 Å². The second kappa shape index (κ2) is 6.51. The number of amides is 1. The highest BCUT2D eigenvalue weighted by Gasteiger charge is 2.42. The van der Waals surface area contributed by atoms with Crippen molar-refractivity contribution in [1.82, 2.24) is 20.3 Å². The van der Waals surface area contributed by atoms with Gasteiger partial charge in [0.25, 0.3) is 0 Å². The molecule has 0 saturated heterocycles. The first kappa shape index (κ1) is 16.3. The van der Waals surface area contributed by atoms with Crippen molar-refractivity contribution in [3.8, 4) is 0 Å². The molecule has 1 heterocycles. The average molecular weight is 336 g/mol. The van der Waals surface area contributed by atoms with Crippen LogP contribution in [-0.2, 0) is 4.79 Å². The molecule has 2 fully saturated rings. The van der Waals surface area contributed by atoms with Gasteiger partial charge in [0, 0.05) is 6.04 Å². The predicted octanol–water partition coefficient (Wildman–Crippen LogP) is 1.46. The molecule has 5 N–H and O–H groups in total. The normalized spacial score (nSPS) is 28.5. The quantitative estimate of drug-likeness (QED) is 0.696. The second-order valence-electron chi connectivity index (χ2n) is 6.73. The molecule has 2 bridgehead atoms. The fraction of sp³-hybridized carbons (Fsp3) is 0.733. The van der Waals surface area contributed by atoms with E-state index in [1.165, 1.54) is 37.4 Å². The average Bonchev–Trinajstić information content (AvgIpc) is 3.08. The zero-order valence-corrected chi connectivity index (χ0v) is 14.3. The minimum absolute atomic E-state index is 0.00262. The Morgan fingerprint density at radius 3 is 2.43 bits per heavy atom. The molecule has 0 aliphatic heterocycles. The lowest BCUT2D eigenvalue weighted by molar-refractivity contribution is -0.121. The van der Waals surface area contributed by atoms with E-state index in [4.69, 9.17) is 11.5 Å². The van der Waals surface area contributed by atoms with E-state index in [2.05, 4.69) is 27.2 Å². The summed E-state index contributed by atoms with van der Waals surface area (Å²) in [6, 6.07) is 0.217. The van der Waals surface area contributed by atoms with Crippen LogP contribution in [0.5, 0.6) is 0 Å². The number of carbonyl (C=O) groups excluding carboxylic acids is 1. The van der Waals surface area contributed by atoms with Gasteiger partial charge in [0.05, 0.1) is 5.25 Å². The maximum atomic E-state index is 12.4. The lowest BCUT2D eigenvalue weighted by Gasteiger charge is -2.29. The summed E-state index contributed by atoms with van der Waals surface area (Å²) in [5.74, 6) is 2.45. The van der Waals surface area contributed by atoms with Crippen molar-refractivity contribution < 1.29 is 4.79 Å². The zero-order valence-electron chi connectivity index (χ0n) is 13.5. The number of nitrogens with zero attached hydrogens (tertiary/aromatic N) is 3. The maximum Gasteiger partial charge on any atom is 0.233 e. The number of rotatable bonds is 5. The number of carbonyl (C=O) groups is 1. The van der Waals surface area contributed by atoms with Gasteiger partial charge in [-0.15, -0.1) is 0 Å². The zero-order chi connectivity index (χ0) is 16.6. The molecule has 0 unspecified atom stereocenters. The molecule has 1 aromatic heterocycles. The summed E-state index contributed by atoms with van der Waals surface area (Å²) >= 11 is 1.25. The van der Waals surface area contributed by atoms with Crippen molar-refractivity contribution in [3.63, 3.8) is 0 Å². The topological polar surface area (TPSA) is 120 Å². The highest BCUT2D eigenvalue weighted by molar-refractivity contribution is 8.00. The number of nitrogens with one attached hydrogen (secondary N) is 1. The van der Waals surface area contributed by atoms with Crippen LogP contribution in [0.1, 0.15) is 39.5 Å². The van der Waals surface area contributed by atoms with Crippen LogP contribution >= 0.6 is 11.8 Å². The SMILES string of the molecule is C[C@H](Sc1nc(N)nc(N)n1)C(=O)N[C@@H](C)[C@H]1C[C@H]2CC[C@H]1C2. The van der Waals surface area contributed by atoms with Gasteiger partial charge in [-0.05, 0) is 50.9 Å². The largest absolute Gasteiger partial charge is 0.368 e. The number of hydrogen-bond acceptors (Lipinski definition) is 7. The Labute approximate surface area is 140 Å². The number of hydrogen-bond donors (Lipinski definition) is 3. The highest BCUT2D eigenvalue weighted by Crippen LogP contribution is 2.49. The van der Waals surface area contributed by atoms with Crippen LogP contribution in [0.4, 0.5) is 11.9 Å². The van der Waals surface area contributed by atoms with Crippen LogP contribution < -0.4 is 16.8 Å². The van der Waals surface area contributed by atoms with E-state index in [1.807, 2.05) is 6.92 Å². The van der Waals surface area contributed by atoms with Crippen LogP contribution in [0.25, 0.3) is 0 Å². The molecular weight excluding hydrogens is 312 g/mol. The van der Waals surface area contributed by atoms with Gasteiger partial charge in [-0.3, -0.25) is 4.79 Å². The molecular formula is C15H24N6OS. The van der Waals surface area contributed by atoms with Crippen LogP contribution in [0.15, 0.2) is 5.16 Å². The maximum absolute atomic E-state index is 12.4. The van der Waals surface area contributed by atoms with Crippen molar-refractivity contribution in [2.24, 2.45) is 17.8 Å². The predicted molar refractivity (Wildman–Crippen MR) is 90.5 cm³/mol. The summed E-state index contributed by atoms with van der Waals surface area (Å²) in [4.78, 5) is 24.2. The molecule has 0 spiro atoms. The Morgan fingerprint density at radius 1 is 1.17 bits per heavy atom. The second-order valence-corrected chi connectivity index (χ2v) is 8.04. The lowest BCUT2D eigenvalue weighted by Crippen LogP contribution is -2.43. The Morgan fingerprint density at radius 2 is 1.87 bits per heavy atom. The lowest BCUT2D eigenvalue weighted by atomic mass is 9.84. The molecule has 126 valence electrons. The summed E-state index contributed by atoms with van der Waals surface area (Å²) < 4.78 is 0. The van der Waals surface area contributed by atoms with Gasteiger partial charge in [0.15, 0.2) is 5.16 Å². The van der Waals surface area contributed by atoms with Crippen LogP contribution in [0, 0.1) is 17.8 Å². The first-order valence-corrected chi connectivity index (χ1v) is 9.04. The molecule has 7 nitrogen and oxygen atoms in total. The van der Waals surface area contributed by atoms with E-state index in [-0.39, 0.29) is 29.1 Å². The fourth-order valence-electron chi connectivity index (χ4n) is 4.01. The van der Waals surface area contributed by atoms with Gasteiger partial charge in [0.1, 0.15) is 0 Å². The van der Waals surface area contributed by atoms with Crippen LogP contribution in [-0.4, -0.2) is 32.2 Å². The molecule has 1 aromatic rings. The van der Waals surface area contributed by atoms with Crippen LogP contribution in [0.3, 0.4) is 0 Å². The summed E-state index contributed by atoms with van der Waals surface area (Å²) in [7, 11) is 0. The van der Waals surface area contributed by atoms with E-state index in [9.17, 15) is 4.79 Å². The van der Waals surface area contributed by atoms with Gasteiger partial charge < -0.3 is 16.8 Å². The van der Waals surface area contributed by atoms with Gasteiger partial charge in [0.2, 0.25) is 17.8 Å². The van der Waals surface area contributed by atoms with E-state index in [0.717, 1.165) is 11.8 Å².